The van der Waals surface area contributed by atoms with Gasteiger partial charge in [-0.05, 0) is 30.0 Å². The Labute approximate surface area is 112 Å². The molecule has 3 rings (SSSR count). The van der Waals surface area contributed by atoms with Crippen molar-refractivity contribution in [2.24, 2.45) is 5.92 Å². The molecular formula is C15H18FN3. The molecule has 100 valence electrons. The molecule has 19 heavy (non-hydrogen) atoms. The van der Waals surface area contributed by atoms with Crippen LogP contribution in [0.5, 0.6) is 0 Å². The van der Waals surface area contributed by atoms with E-state index in [9.17, 15) is 4.39 Å². The van der Waals surface area contributed by atoms with E-state index in [0.29, 0.717) is 17.7 Å². The number of benzene rings is 1. The molecule has 0 spiro atoms. The highest BCUT2D eigenvalue weighted by molar-refractivity contribution is 5.76. The lowest BCUT2D eigenvalue weighted by Crippen LogP contribution is -2.04. The summed E-state index contributed by atoms with van der Waals surface area (Å²) in [7, 11) is 0. The van der Waals surface area contributed by atoms with Gasteiger partial charge in [-0.15, -0.1) is 0 Å². The second-order valence-electron chi connectivity index (χ2n) is 5.42. The van der Waals surface area contributed by atoms with Crippen LogP contribution < -0.4 is 5.73 Å². The van der Waals surface area contributed by atoms with Crippen molar-refractivity contribution < 1.29 is 4.39 Å². The van der Waals surface area contributed by atoms with Crippen molar-refractivity contribution in [3.8, 4) is 11.1 Å². The second kappa shape index (κ2) is 4.68. The van der Waals surface area contributed by atoms with Gasteiger partial charge in [-0.2, -0.15) is 5.10 Å². The molecule has 1 saturated carbocycles. The summed E-state index contributed by atoms with van der Waals surface area (Å²) in [6.07, 6.45) is 3.65. The predicted molar refractivity (Wildman–Crippen MR) is 74.2 cm³/mol. The third kappa shape index (κ3) is 2.11. The highest BCUT2D eigenvalue weighted by Crippen LogP contribution is 2.43. The van der Waals surface area contributed by atoms with Gasteiger partial charge in [-0.3, -0.25) is 5.10 Å². The summed E-state index contributed by atoms with van der Waals surface area (Å²) in [5.74, 6) is 1.38. The molecule has 1 heterocycles. The molecule has 2 aromatic rings. The molecule has 1 aliphatic rings. The number of nitrogen functional groups attached to an aromatic ring is 1. The van der Waals surface area contributed by atoms with Crippen LogP contribution in [0, 0.1) is 11.7 Å². The molecule has 1 aliphatic carbocycles. The van der Waals surface area contributed by atoms with Gasteiger partial charge in [-0.25, -0.2) is 4.39 Å². The fourth-order valence-electron chi connectivity index (χ4n) is 3.13. The number of anilines is 1. The number of aromatic nitrogens is 2. The fourth-order valence-corrected chi connectivity index (χ4v) is 3.13. The van der Waals surface area contributed by atoms with Crippen molar-refractivity contribution in [3.63, 3.8) is 0 Å². The van der Waals surface area contributed by atoms with Crippen LogP contribution in [0.2, 0.25) is 0 Å². The van der Waals surface area contributed by atoms with Gasteiger partial charge in [0.05, 0.1) is 0 Å². The normalized spacial score (nSPS) is 22.8. The topological polar surface area (TPSA) is 54.7 Å². The van der Waals surface area contributed by atoms with Gasteiger partial charge in [-0.1, -0.05) is 31.9 Å². The Morgan fingerprint density at radius 1 is 1.26 bits per heavy atom. The van der Waals surface area contributed by atoms with E-state index >= 15 is 0 Å². The summed E-state index contributed by atoms with van der Waals surface area (Å²) in [6, 6.07) is 6.45. The first-order valence-electron chi connectivity index (χ1n) is 6.76. The highest BCUT2D eigenvalue weighted by atomic mass is 19.1. The Morgan fingerprint density at radius 3 is 2.63 bits per heavy atom. The molecular weight excluding hydrogens is 241 g/mol. The number of H-pyrrole nitrogens is 1. The first-order chi connectivity index (χ1) is 9.16. The molecule has 3 nitrogen and oxygen atoms in total. The molecule has 0 saturated heterocycles. The van der Waals surface area contributed by atoms with Crippen molar-refractivity contribution in [2.45, 2.75) is 32.1 Å². The Morgan fingerprint density at radius 2 is 2.00 bits per heavy atom. The summed E-state index contributed by atoms with van der Waals surface area (Å²) < 4.78 is 13.0. The Bertz CT molecular complexity index is 574. The van der Waals surface area contributed by atoms with Gasteiger partial charge in [0.2, 0.25) is 0 Å². The van der Waals surface area contributed by atoms with E-state index in [1.807, 2.05) is 0 Å². The Hall–Kier alpha value is -1.84. The van der Waals surface area contributed by atoms with E-state index in [4.69, 9.17) is 5.73 Å². The van der Waals surface area contributed by atoms with E-state index in [1.54, 1.807) is 12.1 Å². The van der Waals surface area contributed by atoms with Gasteiger partial charge in [0.1, 0.15) is 5.82 Å². The molecule has 0 bridgehead atoms. The average molecular weight is 259 g/mol. The minimum absolute atomic E-state index is 0.235. The van der Waals surface area contributed by atoms with Crippen molar-refractivity contribution in [3.05, 3.63) is 35.8 Å². The quantitative estimate of drug-likeness (QED) is 0.864. The number of hydrogen-bond acceptors (Lipinski definition) is 2. The number of hydrogen-bond donors (Lipinski definition) is 2. The zero-order valence-corrected chi connectivity index (χ0v) is 11.0. The lowest BCUT2D eigenvalue weighted by molar-refractivity contribution is 0.522. The maximum atomic E-state index is 13.0. The third-order valence-electron chi connectivity index (χ3n) is 4.19. The van der Waals surface area contributed by atoms with Crippen LogP contribution in [-0.4, -0.2) is 10.2 Å². The minimum Gasteiger partial charge on any atom is -0.382 e. The van der Waals surface area contributed by atoms with Gasteiger partial charge in [0.15, 0.2) is 5.82 Å². The summed E-state index contributed by atoms with van der Waals surface area (Å²) in [4.78, 5) is 0. The zero-order valence-electron chi connectivity index (χ0n) is 11.0. The smallest absolute Gasteiger partial charge is 0.153 e. The van der Waals surface area contributed by atoms with E-state index in [1.165, 1.54) is 25.0 Å². The Kier molecular flexibility index (Phi) is 3.01. The van der Waals surface area contributed by atoms with Crippen LogP contribution in [-0.2, 0) is 0 Å². The van der Waals surface area contributed by atoms with E-state index in [0.717, 1.165) is 23.2 Å². The van der Waals surface area contributed by atoms with Crippen molar-refractivity contribution in [1.29, 1.82) is 0 Å². The maximum absolute atomic E-state index is 13.0. The molecule has 1 aromatic carbocycles. The van der Waals surface area contributed by atoms with Crippen LogP contribution in [0.4, 0.5) is 10.2 Å². The summed E-state index contributed by atoms with van der Waals surface area (Å²) in [6.45, 7) is 2.27. The molecule has 2 unspecified atom stereocenters. The van der Waals surface area contributed by atoms with E-state index in [2.05, 4.69) is 17.1 Å². The number of nitrogens with zero attached hydrogens (tertiary/aromatic N) is 1. The molecule has 4 heteroatoms. The lowest BCUT2D eigenvalue weighted by Gasteiger charge is -2.15. The number of rotatable bonds is 2. The second-order valence-corrected chi connectivity index (χ2v) is 5.42. The summed E-state index contributed by atoms with van der Waals surface area (Å²) in [5, 5.41) is 7.24. The van der Waals surface area contributed by atoms with Gasteiger partial charge >= 0.3 is 0 Å². The van der Waals surface area contributed by atoms with Gasteiger partial charge < -0.3 is 5.73 Å². The number of nitrogens with two attached hydrogens (primary N) is 1. The van der Waals surface area contributed by atoms with Crippen LogP contribution in [0.1, 0.15) is 37.8 Å². The van der Waals surface area contributed by atoms with E-state index < -0.39 is 0 Å². The predicted octanol–water partition coefficient (Wildman–Crippen LogP) is 3.70. The van der Waals surface area contributed by atoms with Crippen molar-refractivity contribution in [2.75, 3.05) is 5.73 Å². The fraction of sp³-hybridized carbons (Fsp3) is 0.400. The van der Waals surface area contributed by atoms with Gasteiger partial charge in [0, 0.05) is 17.2 Å². The molecule has 1 fully saturated rings. The Balaban J connectivity index is 2.05. The number of halogens is 1. The first-order valence-corrected chi connectivity index (χ1v) is 6.76. The molecule has 3 N–H and O–H groups in total. The SMILES string of the molecule is CC1CCCC1c1[nH]nc(N)c1-c1ccc(F)cc1. The monoisotopic (exact) mass is 259 g/mol. The van der Waals surface area contributed by atoms with Crippen molar-refractivity contribution in [1.82, 2.24) is 10.2 Å². The molecule has 2 atom stereocenters. The van der Waals surface area contributed by atoms with E-state index in [-0.39, 0.29) is 5.82 Å². The molecule has 0 aliphatic heterocycles. The van der Waals surface area contributed by atoms with Gasteiger partial charge in [0.25, 0.3) is 0 Å². The van der Waals surface area contributed by atoms with Crippen LogP contribution in [0.15, 0.2) is 24.3 Å². The molecule has 0 amide bonds. The number of nitrogens with one attached hydrogen (secondary N) is 1. The number of aromatic amines is 1. The largest absolute Gasteiger partial charge is 0.382 e. The third-order valence-corrected chi connectivity index (χ3v) is 4.19. The molecule has 0 radical (unpaired) electrons. The van der Waals surface area contributed by atoms with Crippen LogP contribution in [0.3, 0.4) is 0 Å². The zero-order chi connectivity index (χ0) is 13.4. The van der Waals surface area contributed by atoms with Crippen molar-refractivity contribution >= 4 is 5.82 Å². The molecule has 1 aromatic heterocycles. The van der Waals surface area contributed by atoms with Crippen LogP contribution >= 0.6 is 0 Å². The first kappa shape index (κ1) is 12.2. The minimum atomic E-state index is -0.235. The summed E-state index contributed by atoms with van der Waals surface area (Å²) >= 11 is 0. The highest BCUT2D eigenvalue weighted by Gasteiger charge is 2.29. The maximum Gasteiger partial charge on any atom is 0.153 e. The average Bonchev–Trinajstić information content (AvgIpc) is 2.97. The lowest BCUT2D eigenvalue weighted by atomic mass is 9.90. The summed E-state index contributed by atoms with van der Waals surface area (Å²) in [5.41, 5.74) is 8.97. The van der Waals surface area contributed by atoms with Crippen LogP contribution in [0.25, 0.3) is 11.1 Å². The standard InChI is InChI=1S/C15H18FN3/c1-9-3-2-4-12(9)14-13(15(17)19-18-14)10-5-7-11(16)8-6-10/h5-9,12H,2-4H2,1H3,(H3,17,18,19).